The number of rotatable bonds is 10. The van der Waals surface area contributed by atoms with Crippen molar-refractivity contribution in [2.75, 3.05) is 43.6 Å². The second kappa shape index (κ2) is 12.1. The first kappa shape index (κ1) is 24.4. The predicted octanol–water partition coefficient (Wildman–Crippen LogP) is 3.82. The molecule has 0 bridgehead atoms. The average molecular weight is 468 g/mol. The van der Waals surface area contributed by atoms with E-state index in [4.69, 9.17) is 9.47 Å². The molecular formula is C27H37N3O4. The van der Waals surface area contributed by atoms with Crippen LogP contribution in [0.1, 0.15) is 38.5 Å². The van der Waals surface area contributed by atoms with Crippen molar-refractivity contribution in [2.24, 2.45) is 5.92 Å². The van der Waals surface area contributed by atoms with Crippen molar-refractivity contribution in [1.29, 1.82) is 0 Å². The minimum atomic E-state index is -0.573. The highest BCUT2D eigenvalue weighted by Crippen LogP contribution is 2.27. The highest BCUT2D eigenvalue weighted by atomic mass is 16.5. The maximum Gasteiger partial charge on any atom is 0.227 e. The van der Waals surface area contributed by atoms with Crippen molar-refractivity contribution in [1.82, 2.24) is 5.32 Å². The number of anilines is 2. The van der Waals surface area contributed by atoms with E-state index in [1.54, 1.807) is 7.11 Å². The van der Waals surface area contributed by atoms with E-state index in [2.05, 4.69) is 27.7 Å². The summed E-state index contributed by atoms with van der Waals surface area (Å²) in [4.78, 5) is 14.7. The molecule has 0 aromatic heterocycles. The first-order chi connectivity index (χ1) is 16.6. The van der Waals surface area contributed by atoms with Gasteiger partial charge in [0.1, 0.15) is 24.2 Å². The zero-order valence-electron chi connectivity index (χ0n) is 20.0. The molecule has 0 radical (unpaired) electrons. The van der Waals surface area contributed by atoms with E-state index < -0.39 is 6.10 Å². The fourth-order valence-electron chi connectivity index (χ4n) is 4.77. The smallest absolute Gasteiger partial charge is 0.227 e. The van der Waals surface area contributed by atoms with Crippen molar-refractivity contribution in [3.8, 4) is 11.5 Å². The van der Waals surface area contributed by atoms with E-state index in [1.165, 1.54) is 5.69 Å². The molecule has 1 saturated carbocycles. The van der Waals surface area contributed by atoms with Crippen LogP contribution in [0.4, 0.5) is 11.4 Å². The number of aliphatic hydroxyl groups excluding tert-OH is 1. The Hall–Kier alpha value is -2.77. The Balaban J connectivity index is 1.15. The van der Waals surface area contributed by atoms with Gasteiger partial charge in [0.05, 0.1) is 7.11 Å². The number of piperidine rings is 1. The number of methoxy groups -OCH3 is 1. The quantitative estimate of drug-likeness (QED) is 0.493. The first-order valence-corrected chi connectivity index (χ1v) is 12.4. The molecule has 1 unspecified atom stereocenters. The maximum absolute atomic E-state index is 12.3. The van der Waals surface area contributed by atoms with E-state index >= 15 is 0 Å². The highest BCUT2D eigenvalue weighted by molar-refractivity contribution is 5.92. The van der Waals surface area contributed by atoms with Crippen molar-refractivity contribution in [3.05, 3.63) is 48.5 Å². The number of ether oxygens (including phenoxy) is 2. The van der Waals surface area contributed by atoms with Crippen molar-refractivity contribution in [3.63, 3.8) is 0 Å². The minimum Gasteiger partial charge on any atom is -0.497 e. The van der Waals surface area contributed by atoms with Crippen LogP contribution in [0.15, 0.2) is 48.5 Å². The standard InChI is InChI=1S/C27H37N3O4/c1-33-25-7-4-8-26(17-25)34-19-24(31)18-28-21-13-15-30(16-14-21)23-11-9-22(10-12-23)29-27(32)20-5-2-3-6-20/h4,7-12,17,20-21,24,28,31H,2-3,5-6,13-16,18-19H2,1H3,(H,29,32). The third kappa shape index (κ3) is 6.87. The van der Waals surface area contributed by atoms with Gasteiger partial charge >= 0.3 is 0 Å². The molecule has 7 heteroatoms. The summed E-state index contributed by atoms with van der Waals surface area (Å²) in [6, 6.07) is 16.0. The molecule has 184 valence electrons. The summed E-state index contributed by atoms with van der Waals surface area (Å²) >= 11 is 0. The Bertz CT molecular complexity index is 906. The van der Waals surface area contributed by atoms with Gasteiger partial charge in [-0.15, -0.1) is 0 Å². The molecule has 7 nitrogen and oxygen atoms in total. The van der Waals surface area contributed by atoms with Crippen LogP contribution in [0.3, 0.4) is 0 Å². The van der Waals surface area contributed by atoms with Gasteiger partial charge in [-0.05, 0) is 62.1 Å². The number of aliphatic hydroxyl groups is 1. The highest BCUT2D eigenvalue weighted by Gasteiger charge is 2.23. The lowest BCUT2D eigenvalue weighted by molar-refractivity contribution is -0.119. The van der Waals surface area contributed by atoms with E-state index in [0.717, 1.165) is 63.1 Å². The van der Waals surface area contributed by atoms with Crippen molar-refractivity contribution >= 4 is 17.3 Å². The molecule has 1 atom stereocenters. The molecule has 2 aromatic rings. The van der Waals surface area contributed by atoms with Crippen molar-refractivity contribution in [2.45, 2.75) is 50.7 Å². The monoisotopic (exact) mass is 467 g/mol. The van der Waals surface area contributed by atoms with Crippen LogP contribution in [0, 0.1) is 5.92 Å². The van der Waals surface area contributed by atoms with Crippen molar-refractivity contribution < 1.29 is 19.4 Å². The molecule has 1 saturated heterocycles. The molecule has 1 amide bonds. The lowest BCUT2D eigenvalue weighted by atomic mass is 10.0. The van der Waals surface area contributed by atoms with Gasteiger partial charge in [-0.3, -0.25) is 4.79 Å². The Labute approximate surface area is 202 Å². The number of nitrogens with zero attached hydrogens (tertiary/aromatic N) is 1. The lowest BCUT2D eigenvalue weighted by Crippen LogP contribution is -2.45. The van der Waals surface area contributed by atoms with Crippen LogP contribution in [0.5, 0.6) is 11.5 Å². The van der Waals surface area contributed by atoms with Gasteiger partial charge in [0.25, 0.3) is 0 Å². The zero-order chi connectivity index (χ0) is 23.8. The summed E-state index contributed by atoms with van der Waals surface area (Å²) in [6.45, 7) is 2.66. The number of carbonyl (C=O) groups is 1. The van der Waals surface area contributed by atoms with Crippen LogP contribution in [-0.2, 0) is 4.79 Å². The lowest BCUT2D eigenvalue weighted by Gasteiger charge is -2.34. The minimum absolute atomic E-state index is 0.160. The van der Waals surface area contributed by atoms with Crippen LogP contribution in [0.25, 0.3) is 0 Å². The number of carbonyl (C=O) groups excluding carboxylic acids is 1. The van der Waals surface area contributed by atoms with E-state index in [9.17, 15) is 9.90 Å². The second-order valence-corrected chi connectivity index (χ2v) is 9.33. The van der Waals surface area contributed by atoms with Gasteiger partial charge in [-0.25, -0.2) is 0 Å². The zero-order valence-corrected chi connectivity index (χ0v) is 20.0. The van der Waals surface area contributed by atoms with Gasteiger partial charge in [0.2, 0.25) is 5.91 Å². The van der Waals surface area contributed by atoms with Gasteiger partial charge in [-0.1, -0.05) is 18.9 Å². The molecule has 2 fully saturated rings. The molecule has 2 aromatic carbocycles. The fourth-order valence-corrected chi connectivity index (χ4v) is 4.77. The van der Waals surface area contributed by atoms with Gasteiger partial charge in [-0.2, -0.15) is 0 Å². The molecule has 1 aliphatic carbocycles. The van der Waals surface area contributed by atoms with E-state index in [1.807, 2.05) is 36.4 Å². The van der Waals surface area contributed by atoms with Crippen LogP contribution < -0.4 is 25.0 Å². The van der Waals surface area contributed by atoms with Crippen LogP contribution >= 0.6 is 0 Å². The summed E-state index contributed by atoms with van der Waals surface area (Å²) in [5.74, 6) is 1.77. The molecule has 4 rings (SSSR count). The number of hydrogen-bond donors (Lipinski definition) is 3. The normalized spacial score (nSPS) is 18.0. The summed E-state index contributed by atoms with van der Waals surface area (Å²) < 4.78 is 10.9. The predicted molar refractivity (Wildman–Crippen MR) is 135 cm³/mol. The number of nitrogens with one attached hydrogen (secondary N) is 2. The van der Waals surface area contributed by atoms with Crippen LogP contribution in [0.2, 0.25) is 0 Å². The largest absolute Gasteiger partial charge is 0.497 e. The Morgan fingerprint density at radius 2 is 1.76 bits per heavy atom. The average Bonchev–Trinajstić information content (AvgIpc) is 3.43. The summed E-state index contributed by atoms with van der Waals surface area (Å²) in [5.41, 5.74) is 2.06. The molecule has 3 N–H and O–H groups in total. The topological polar surface area (TPSA) is 83.1 Å². The maximum atomic E-state index is 12.3. The third-order valence-corrected chi connectivity index (χ3v) is 6.85. The molecule has 0 spiro atoms. The third-order valence-electron chi connectivity index (χ3n) is 6.85. The molecule has 1 heterocycles. The first-order valence-electron chi connectivity index (χ1n) is 12.4. The fraction of sp³-hybridized carbons (Fsp3) is 0.519. The molecule has 34 heavy (non-hydrogen) atoms. The molecule has 1 aliphatic heterocycles. The van der Waals surface area contributed by atoms with Crippen LogP contribution in [-0.4, -0.2) is 56.5 Å². The van der Waals surface area contributed by atoms with E-state index in [0.29, 0.717) is 18.3 Å². The molecule has 2 aliphatic rings. The van der Waals surface area contributed by atoms with Gasteiger partial charge in [0.15, 0.2) is 0 Å². The Morgan fingerprint density at radius 3 is 2.47 bits per heavy atom. The Morgan fingerprint density at radius 1 is 1.06 bits per heavy atom. The van der Waals surface area contributed by atoms with Gasteiger partial charge in [0, 0.05) is 49.0 Å². The van der Waals surface area contributed by atoms with E-state index in [-0.39, 0.29) is 18.4 Å². The second-order valence-electron chi connectivity index (χ2n) is 9.33. The summed E-state index contributed by atoms with van der Waals surface area (Å²) in [7, 11) is 1.62. The van der Waals surface area contributed by atoms with Gasteiger partial charge < -0.3 is 30.1 Å². The summed E-state index contributed by atoms with van der Waals surface area (Å²) in [6.07, 6.45) is 5.82. The Kier molecular flexibility index (Phi) is 8.66. The SMILES string of the molecule is COc1cccc(OCC(O)CNC2CCN(c3ccc(NC(=O)C4CCCC4)cc3)CC2)c1. The number of benzene rings is 2. The molecular weight excluding hydrogens is 430 g/mol. The summed E-state index contributed by atoms with van der Waals surface area (Å²) in [5, 5.41) is 16.8. The number of amides is 1. The number of hydrogen-bond acceptors (Lipinski definition) is 6.